The molecule has 2 aromatic carbocycles. The van der Waals surface area contributed by atoms with E-state index in [9.17, 15) is 14.7 Å². The van der Waals surface area contributed by atoms with Crippen molar-refractivity contribution in [3.63, 3.8) is 0 Å². The highest BCUT2D eigenvalue weighted by Crippen LogP contribution is 2.47. The van der Waals surface area contributed by atoms with E-state index < -0.39 is 23.7 Å². The summed E-state index contributed by atoms with van der Waals surface area (Å²) in [6.07, 6.45) is 1.51. The molecule has 7 nitrogen and oxygen atoms in total. The molecule has 10 heteroatoms. The van der Waals surface area contributed by atoms with Gasteiger partial charge in [-0.15, -0.1) is 0 Å². The number of aromatic nitrogens is 1. The zero-order chi connectivity index (χ0) is 22.8. The van der Waals surface area contributed by atoms with Gasteiger partial charge in [0.25, 0.3) is 5.56 Å². The number of benzene rings is 2. The molecular formula is C22H16Cl2N2O5S. The first-order chi connectivity index (χ1) is 15.2. The van der Waals surface area contributed by atoms with Gasteiger partial charge < -0.3 is 14.6 Å². The summed E-state index contributed by atoms with van der Waals surface area (Å²) in [5.41, 5.74) is -0.616. The van der Waals surface area contributed by atoms with E-state index in [0.717, 1.165) is 11.3 Å². The number of hydrogen-bond donors (Lipinski definition) is 1. The molecule has 32 heavy (non-hydrogen) atoms. The number of aromatic hydroxyl groups is 1. The van der Waals surface area contributed by atoms with E-state index in [1.54, 1.807) is 13.0 Å². The molecule has 3 heterocycles. The molecule has 0 aliphatic carbocycles. The number of phenols is 1. The van der Waals surface area contributed by atoms with Gasteiger partial charge in [0.1, 0.15) is 17.4 Å². The minimum absolute atomic E-state index is 0.0753. The van der Waals surface area contributed by atoms with Crippen LogP contribution in [0.5, 0.6) is 11.5 Å². The van der Waals surface area contributed by atoms with Crippen LogP contribution in [0.1, 0.15) is 24.1 Å². The monoisotopic (exact) mass is 490 g/mol. The molecule has 2 aliphatic rings. The van der Waals surface area contributed by atoms with E-state index in [1.165, 1.54) is 29.9 Å². The SMILES string of the molecule is COC(=O)C1C2c3ccccc3O[C@]1(C)N=c1sc(=Cc3cc(Cl)cc(Cl)c3O)c(=O)n12. The Morgan fingerprint density at radius 3 is 2.84 bits per heavy atom. The lowest BCUT2D eigenvalue weighted by molar-refractivity contribution is -0.158. The molecule has 0 saturated heterocycles. The first-order valence-corrected chi connectivity index (χ1v) is 11.2. The minimum Gasteiger partial charge on any atom is -0.506 e. The first kappa shape index (κ1) is 21.1. The van der Waals surface area contributed by atoms with Crippen LogP contribution in [0.4, 0.5) is 0 Å². The summed E-state index contributed by atoms with van der Waals surface area (Å²) < 4.78 is 13.0. The van der Waals surface area contributed by atoms with Crippen LogP contribution >= 0.6 is 34.5 Å². The predicted molar refractivity (Wildman–Crippen MR) is 120 cm³/mol. The molecule has 164 valence electrons. The Hall–Kier alpha value is -2.81. The number of ether oxygens (including phenoxy) is 2. The number of methoxy groups -OCH3 is 1. The lowest BCUT2D eigenvalue weighted by Crippen LogP contribution is -2.58. The molecule has 0 amide bonds. The van der Waals surface area contributed by atoms with Crippen LogP contribution in [0.3, 0.4) is 0 Å². The number of carbonyl (C=O) groups is 1. The van der Waals surface area contributed by atoms with E-state index in [-0.39, 0.29) is 16.3 Å². The van der Waals surface area contributed by atoms with Gasteiger partial charge in [0.2, 0.25) is 5.72 Å². The van der Waals surface area contributed by atoms with E-state index in [4.69, 9.17) is 32.7 Å². The van der Waals surface area contributed by atoms with E-state index in [1.807, 2.05) is 18.2 Å². The smallest absolute Gasteiger partial charge is 0.317 e. The predicted octanol–water partition coefficient (Wildman–Crippen LogP) is 2.87. The number of carbonyl (C=O) groups excluding carboxylic acids is 1. The molecule has 0 radical (unpaired) electrons. The van der Waals surface area contributed by atoms with Crippen molar-refractivity contribution in [1.29, 1.82) is 0 Å². The fourth-order valence-corrected chi connectivity index (χ4v) is 5.87. The van der Waals surface area contributed by atoms with Crippen molar-refractivity contribution in [2.75, 3.05) is 7.11 Å². The lowest BCUT2D eigenvalue weighted by Gasteiger charge is -2.44. The second-order valence-electron chi connectivity index (χ2n) is 7.65. The van der Waals surface area contributed by atoms with Crippen molar-refractivity contribution in [1.82, 2.24) is 4.57 Å². The van der Waals surface area contributed by atoms with Crippen molar-refractivity contribution in [3.8, 4) is 11.5 Å². The standard InChI is InChI=1S/C22H16Cl2N2O5S/c1-22-16(20(29)30-2)17(12-5-3-4-6-14(12)31-22)26-19(28)15(32-21(26)25-22)8-10-7-11(23)9-13(24)18(10)27/h3-9,16-17,27H,1-2H3/t16?,17?,22-/m0/s1. The minimum atomic E-state index is -1.25. The van der Waals surface area contributed by atoms with Crippen molar-refractivity contribution >= 4 is 46.6 Å². The first-order valence-electron chi connectivity index (χ1n) is 9.60. The molecule has 1 aromatic heterocycles. The third-order valence-corrected chi connectivity index (χ3v) is 7.17. The molecule has 2 bridgehead atoms. The van der Waals surface area contributed by atoms with Crippen molar-refractivity contribution in [3.05, 3.63) is 77.3 Å². The van der Waals surface area contributed by atoms with Crippen LogP contribution in [-0.4, -0.2) is 28.5 Å². The summed E-state index contributed by atoms with van der Waals surface area (Å²) in [5, 5.41) is 10.7. The Morgan fingerprint density at radius 1 is 1.34 bits per heavy atom. The van der Waals surface area contributed by atoms with Gasteiger partial charge in [0.05, 0.1) is 22.7 Å². The second kappa shape index (κ2) is 7.37. The maximum absolute atomic E-state index is 13.5. The molecule has 0 fully saturated rings. The number of halogens is 2. The average molecular weight is 491 g/mol. The molecule has 1 N–H and O–H groups in total. The molecule has 2 aliphatic heterocycles. The molecule has 2 unspecified atom stereocenters. The van der Waals surface area contributed by atoms with Crippen LogP contribution in [0.15, 0.2) is 46.2 Å². The van der Waals surface area contributed by atoms with Gasteiger partial charge in [-0.3, -0.25) is 14.2 Å². The normalized spacial score (nSPS) is 23.6. The number of hydrogen-bond acceptors (Lipinski definition) is 7. The van der Waals surface area contributed by atoms with Gasteiger partial charge in [-0.1, -0.05) is 52.7 Å². The highest BCUT2D eigenvalue weighted by Gasteiger charge is 2.55. The largest absolute Gasteiger partial charge is 0.506 e. The number of fused-ring (bicyclic) bond motifs is 6. The molecule has 3 aromatic rings. The molecule has 0 saturated carbocycles. The number of para-hydroxylation sites is 1. The summed E-state index contributed by atoms with van der Waals surface area (Å²) in [6.45, 7) is 1.71. The van der Waals surface area contributed by atoms with Gasteiger partial charge in [-0.2, -0.15) is 0 Å². The maximum atomic E-state index is 13.5. The third-order valence-electron chi connectivity index (χ3n) is 5.68. The summed E-state index contributed by atoms with van der Waals surface area (Å²) >= 11 is 13.2. The summed E-state index contributed by atoms with van der Waals surface area (Å²) in [5.74, 6) is -1.01. The van der Waals surface area contributed by atoms with E-state index in [0.29, 0.717) is 31.2 Å². The summed E-state index contributed by atoms with van der Waals surface area (Å²) in [7, 11) is 1.30. The summed E-state index contributed by atoms with van der Waals surface area (Å²) in [4.78, 5) is 31.4. The topological polar surface area (TPSA) is 90.1 Å². The van der Waals surface area contributed by atoms with Crippen LogP contribution in [-0.2, 0) is 9.53 Å². The Bertz CT molecular complexity index is 1460. The third kappa shape index (κ3) is 3.05. The second-order valence-corrected chi connectivity index (χ2v) is 9.50. The average Bonchev–Trinajstić information content (AvgIpc) is 3.04. The number of phenolic OH excluding ortho intramolecular Hbond substituents is 1. The highest BCUT2D eigenvalue weighted by molar-refractivity contribution is 7.07. The zero-order valence-electron chi connectivity index (χ0n) is 16.8. The van der Waals surface area contributed by atoms with Gasteiger partial charge in [-0.25, -0.2) is 4.99 Å². The fourth-order valence-electron chi connectivity index (χ4n) is 4.27. The Labute approximate surface area is 195 Å². The van der Waals surface area contributed by atoms with Gasteiger partial charge in [0.15, 0.2) is 4.80 Å². The Balaban J connectivity index is 1.81. The van der Waals surface area contributed by atoms with Gasteiger partial charge in [-0.05, 0) is 31.2 Å². The van der Waals surface area contributed by atoms with E-state index >= 15 is 0 Å². The number of rotatable bonds is 2. The van der Waals surface area contributed by atoms with Crippen molar-refractivity contribution in [2.24, 2.45) is 10.9 Å². The quantitative estimate of drug-likeness (QED) is 0.557. The molecular weight excluding hydrogens is 475 g/mol. The maximum Gasteiger partial charge on any atom is 0.317 e. The fraction of sp³-hybridized carbons (Fsp3) is 0.227. The Morgan fingerprint density at radius 2 is 2.09 bits per heavy atom. The van der Waals surface area contributed by atoms with Crippen LogP contribution in [0.25, 0.3) is 6.08 Å². The van der Waals surface area contributed by atoms with Crippen molar-refractivity contribution < 1.29 is 19.4 Å². The van der Waals surface area contributed by atoms with Crippen LogP contribution < -0.4 is 19.6 Å². The number of thiazole rings is 1. The van der Waals surface area contributed by atoms with Gasteiger partial charge >= 0.3 is 5.97 Å². The van der Waals surface area contributed by atoms with E-state index in [2.05, 4.69) is 4.99 Å². The van der Waals surface area contributed by atoms with Crippen molar-refractivity contribution in [2.45, 2.75) is 18.7 Å². The molecule has 3 atom stereocenters. The van der Waals surface area contributed by atoms with Crippen LogP contribution in [0.2, 0.25) is 10.0 Å². The molecule has 0 spiro atoms. The summed E-state index contributed by atoms with van der Waals surface area (Å²) in [6, 6.07) is 9.51. The Kier molecular flexibility index (Phi) is 4.85. The zero-order valence-corrected chi connectivity index (χ0v) is 19.2. The van der Waals surface area contributed by atoms with Gasteiger partial charge in [0, 0.05) is 16.1 Å². The number of esters is 1. The van der Waals surface area contributed by atoms with Crippen LogP contribution in [0, 0.1) is 5.92 Å². The number of nitrogens with zero attached hydrogens (tertiary/aromatic N) is 2. The lowest BCUT2D eigenvalue weighted by atomic mass is 9.81. The molecule has 5 rings (SSSR count). The highest BCUT2D eigenvalue weighted by atomic mass is 35.5.